The van der Waals surface area contributed by atoms with Crippen molar-refractivity contribution >= 4 is 21.4 Å². The molecule has 0 unspecified atom stereocenters. The SMILES string of the molecule is N#CC1(NC(=O)[C@@H]2C[C@@H](F)CC[C@H]2c2oc(-c3ccc(F)cc3F)nc2-c2ccccc2N2CCS(=O)(=O)CC2)CC1. The van der Waals surface area contributed by atoms with Gasteiger partial charge in [0, 0.05) is 36.3 Å². The molecule has 1 amide bonds. The largest absolute Gasteiger partial charge is 0.440 e. The highest BCUT2D eigenvalue weighted by atomic mass is 32.2. The van der Waals surface area contributed by atoms with Gasteiger partial charge in [-0.25, -0.2) is 26.6 Å². The van der Waals surface area contributed by atoms with Crippen molar-refractivity contribution < 1.29 is 30.8 Å². The summed E-state index contributed by atoms with van der Waals surface area (Å²) in [6.07, 6.45) is 0.153. The number of alkyl halides is 1. The highest BCUT2D eigenvalue weighted by Gasteiger charge is 2.48. The van der Waals surface area contributed by atoms with E-state index in [9.17, 15) is 31.6 Å². The van der Waals surface area contributed by atoms with Crippen LogP contribution in [0.15, 0.2) is 46.9 Å². The zero-order valence-corrected chi connectivity index (χ0v) is 23.5. The molecule has 2 aliphatic carbocycles. The number of para-hydroxylation sites is 1. The van der Waals surface area contributed by atoms with E-state index in [0.29, 0.717) is 29.8 Å². The molecule has 3 aromatic rings. The average molecular weight is 599 g/mol. The van der Waals surface area contributed by atoms with Crippen LogP contribution in [0.4, 0.5) is 18.9 Å². The van der Waals surface area contributed by atoms with Crippen LogP contribution in [0.2, 0.25) is 0 Å². The molecule has 0 spiro atoms. The van der Waals surface area contributed by atoms with E-state index in [1.807, 2.05) is 17.0 Å². The Labute approximate surface area is 241 Å². The number of amides is 1. The van der Waals surface area contributed by atoms with Crippen LogP contribution >= 0.6 is 0 Å². The third kappa shape index (κ3) is 5.50. The first-order valence-corrected chi connectivity index (χ1v) is 15.8. The topological polar surface area (TPSA) is 116 Å². The third-order valence-electron chi connectivity index (χ3n) is 8.45. The van der Waals surface area contributed by atoms with E-state index in [-0.39, 0.29) is 61.1 Å². The minimum atomic E-state index is -3.15. The molecule has 0 bridgehead atoms. The van der Waals surface area contributed by atoms with Crippen LogP contribution in [0.5, 0.6) is 0 Å². The summed E-state index contributed by atoms with van der Waals surface area (Å²) in [6, 6.07) is 12.4. The van der Waals surface area contributed by atoms with Crippen LogP contribution in [0.1, 0.15) is 43.8 Å². The maximum absolute atomic E-state index is 14.9. The van der Waals surface area contributed by atoms with E-state index in [0.717, 1.165) is 12.1 Å². The lowest BCUT2D eigenvalue weighted by Crippen LogP contribution is -2.44. The van der Waals surface area contributed by atoms with Gasteiger partial charge in [-0.2, -0.15) is 5.26 Å². The van der Waals surface area contributed by atoms with E-state index in [1.54, 1.807) is 12.1 Å². The molecule has 2 aromatic carbocycles. The molecule has 1 N–H and O–H groups in total. The zero-order chi connectivity index (χ0) is 29.6. The second kappa shape index (κ2) is 10.8. The normalized spacial score (nSPS) is 24.5. The van der Waals surface area contributed by atoms with Crippen LogP contribution < -0.4 is 10.2 Å². The molecule has 3 aliphatic rings. The molecule has 3 atom stereocenters. The number of nitrogens with one attached hydrogen (secondary N) is 1. The Morgan fingerprint density at radius 1 is 1.10 bits per heavy atom. The van der Waals surface area contributed by atoms with Gasteiger partial charge in [0.25, 0.3) is 0 Å². The van der Waals surface area contributed by atoms with E-state index in [1.165, 1.54) is 6.07 Å². The number of carbonyl (C=O) groups excluding carboxylic acids is 1. The summed E-state index contributed by atoms with van der Waals surface area (Å²) in [5.74, 6) is -3.48. The Kier molecular flexibility index (Phi) is 7.25. The maximum atomic E-state index is 14.9. The van der Waals surface area contributed by atoms with Crippen molar-refractivity contribution in [2.24, 2.45) is 5.92 Å². The average Bonchev–Trinajstić information content (AvgIpc) is 3.61. The second-order valence-electron chi connectivity index (χ2n) is 11.3. The first kappa shape index (κ1) is 28.3. The number of rotatable bonds is 6. The van der Waals surface area contributed by atoms with Crippen molar-refractivity contribution in [2.75, 3.05) is 29.5 Å². The summed E-state index contributed by atoms with van der Waals surface area (Å²) in [4.78, 5) is 20.1. The summed E-state index contributed by atoms with van der Waals surface area (Å²) < 4.78 is 73.8. The zero-order valence-electron chi connectivity index (χ0n) is 22.7. The van der Waals surface area contributed by atoms with Gasteiger partial charge < -0.3 is 14.6 Å². The highest BCUT2D eigenvalue weighted by Crippen LogP contribution is 2.47. The van der Waals surface area contributed by atoms with Crippen molar-refractivity contribution in [3.63, 3.8) is 0 Å². The predicted octanol–water partition coefficient (Wildman–Crippen LogP) is 4.92. The number of oxazole rings is 1. The molecule has 2 saturated carbocycles. The number of aromatic nitrogens is 1. The van der Waals surface area contributed by atoms with Crippen molar-refractivity contribution in [3.05, 3.63) is 59.9 Å². The first-order chi connectivity index (χ1) is 20.1. The van der Waals surface area contributed by atoms with E-state index in [4.69, 9.17) is 4.42 Å². The molecule has 0 radical (unpaired) electrons. The Morgan fingerprint density at radius 2 is 1.83 bits per heavy atom. The van der Waals surface area contributed by atoms with Crippen LogP contribution in [0.3, 0.4) is 0 Å². The van der Waals surface area contributed by atoms with Crippen molar-refractivity contribution in [3.8, 4) is 28.8 Å². The number of hydrogen-bond donors (Lipinski definition) is 1. The van der Waals surface area contributed by atoms with Gasteiger partial charge in [0.05, 0.1) is 29.1 Å². The van der Waals surface area contributed by atoms with Crippen molar-refractivity contribution in [2.45, 2.75) is 49.7 Å². The first-order valence-electron chi connectivity index (χ1n) is 14.0. The summed E-state index contributed by atoms with van der Waals surface area (Å²) in [7, 11) is -3.15. The summed E-state index contributed by atoms with van der Waals surface area (Å²) in [6.45, 7) is 0.528. The lowest BCUT2D eigenvalue weighted by atomic mass is 9.75. The molecular weight excluding hydrogens is 569 g/mol. The van der Waals surface area contributed by atoms with E-state index in [2.05, 4.69) is 16.4 Å². The van der Waals surface area contributed by atoms with Crippen LogP contribution in [0, 0.1) is 28.9 Å². The van der Waals surface area contributed by atoms with Gasteiger partial charge in [-0.3, -0.25) is 4.79 Å². The van der Waals surface area contributed by atoms with E-state index < -0.39 is 50.9 Å². The predicted molar refractivity (Wildman–Crippen MR) is 149 cm³/mol. The number of halogens is 3. The van der Waals surface area contributed by atoms with Crippen molar-refractivity contribution in [1.29, 1.82) is 5.26 Å². The number of carbonyl (C=O) groups is 1. The van der Waals surface area contributed by atoms with Gasteiger partial charge in [-0.05, 0) is 50.3 Å². The lowest BCUT2D eigenvalue weighted by Gasteiger charge is -2.33. The van der Waals surface area contributed by atoms with Gasteiger partial charge in [0.1, 0.15) is 34.8 Å². The molecule has 1 aliphatic heterocycles. The Bertz CT molecular complexity index is 1670. The molecule has 6 rings (SSSR count). The molecule has 8 nitrogen and oxygen atoms in total. The van der Waals surface area contributed by atoms with Gasteiger partial charge in [-0.15, -0.1) is 0 Å². The smallest absolute Gasteiger partial charge is 0.229 e. The van der Waals surface area contributed by atoms with Crippen LogP contribution in [-0.2, 0) is 14.6 Å². The molecule has 2 heterocycles. The van der Waals surface area contributed by atoms with Crippen LogP contribution in [-0.4, -0.2) is 55.6 Å². The molecular formula is C30H29F3N4O4S. The number of anilines is 1. The third-order valence-corrected chi connectivity index (χ3v) is 10.1. The number of nitriles is 1. The highest BCUT2D eigenvalue weighted by molar-refractivity contribution is 7.91. The summed E-state index contributed by atoms with van der Waals surface area (Å²) in [5.41, 5.74) is 0.571. The van der Waals surface area contributed by atoms with Gasteiger partial charge in [0.2, 0.25) is 11.8 Å². The molecule has 12 heteroatoms. The standard InChI is InChI=1S/C30H29F3N4O4S/c31-18-5-7-20(23(15-18)28(38)36-30(17-34)9-10-30)27-26(35-29(41-27)21-8-6-19(32)16-24(21)33)22-3-1-2-4-25(22)37-11-13-42(39,40)14-12-37/h1-4,6,8,16,18,20,23H,5,7,9-15H2,(H,36,38)/t18-,20+,23+/m0/s1. The number of benzene rings is 2. The minimum Gasteiger partial charge on any atom is -0.440 e. The minimum absolute atomic E-state index is 0.0115. The number of nitrogens with zero attached hydrogens (tertiary/aromatic N) is 3. The Morgan fingerprint density at radius 3 is 2.52 bits per heavy atom. The fraction of sp³-hybridized carbons (Fsp3) is 0.433. The monoisotopic (exact) mass is 598 g/mol. The molecule has 1 aromatic heterocycles. The fourth-order valence-corrected chi connectivity index (χ4v) is 7.10. The van der Waals surface area contributed by atoms with Gasteiger partial charge in [-0.1, -0.05) is 18.2 Å². The van der Waals surface area contributed by atoms with Crippen molar-refractivity contribution in [1.82, 2.24) is 10.3 Å². The number of hydrogen-bond acceptors (Lipinski definition) is 7. The summed E-state index contributed by atoms with van der Waals surface area (Å²) in [5, 5.41) is 12.3. The Hall–Kier alpha value is -3.85. The molecule has 1 saturated heterocycles. The quantitative estimate of drug-likeness (QED) is 0.428. The fourth-order valence-electron chi connectivity index (χ4n) is 5.90. The number of sulfone groups is 1. The van der Waals surface area contributed by atoms with Gasteiger partial charge >= 0.3 is 0 Å². The summed E-state index contributed by atoms with van der Waals surface area (Å²) >= 11 is 0. The molecule has 3 fully saturated rings. The molecule has 42 heavy (non-hydrogen) atoms. The second-order valence-corrected chi connectivity index (χ2v) is 13.6. The molecule has 220 valence electrons. The maximum Gasteiger partial charge on any atom is 0.229 e. The van der Waals surface area contributed by atoms with E-state index >= 15 is 0 Å². The Balaban J connectivity index is 1.46. The van der Waals surface area contributed by atoms with Crippen LogP contribution in [0.25, 0.3) is 22.7 Å². The lowest BCUT2D eigenvalue weighted by molar-refractivity contribution is -0.128. The van der Waals surface area contributed by atoms with Gasteiger partial charge in [0.15, 0.2) is 9.84 Å².